The molecule has 0 aromatic heterocycles. The number of anilines is 1. The average Bonchev–Trinajstić information content (AvgIpc) is 3.51. The maximum absolute atomic E-state index is 13.0. The number of amides is 1. The maximum atomic E-state index is 13.0. The lowest BCUT2D eigenvalue weighted by molar-refractivity contribution is -0.118. The van der Waals surface area contributed by atoms with E-state index in [1.54, 1.807) is 18.9 Å². The van der Waals surface area contributed by atoms with Crippen molar-refractivity contribution >= 4 is 23.4 Å². The molecule has 2 aromatic carbocycles. The largest absolute Gasteiger partial charge is 0.493 e. The summed E-state index contributed by atoms with van der Waals surface area (Å²) in [6.07, 6.45) is 18.5. The molecule has 0 unspecified atom stereocenters. The van der Waals surface area contributed by atoms with Crippen molar-refractivity contribution < 1.29 is 14.3 Å². The van der Waals surface area contributed by atoms with Crippen LogP contribution in [0, 0.1) is 0 Å². The third kappa shape index (κ3) is 12.0. The van der Waals surface area contributed by atoms with Crippen molar-refractivity contribution in [1.82, 2.24) is 4.90 Å². The smallest absolute Gasteiger partial charge is 0.227 e. The van der Waals surface area contributed by atoms with Crippen LogP contribution in [-0.4, -0.2) is 30.4 Å². The molecule has 0 saturated heterocycles. The summed E-state index contributed by atoms with van der Waals surface area (Å²) in [5.41, 5.74) is 3.16. The van der Waals surface area contributed by atoms with Crippen molar-refractivity contribution in [3.63, 3.8) is 0 Å². The van der Waals surface area contributed by atoms with Crippen molar-refractivity contribution in [2.24, 2.45) is 0 Å². The van der Waals surface area contributed by atoms with Crippen LogP contribution in [0.2, 0.25) is 0 Å². The predicted octanol–water partition coefficient (Wildman–Crippen LogP) is 9.70. The molecule has 5 nitrogen and oxygen atoms in total. The molecule has 0 atom stereocenters. The number of benzene rings is 2. The van der Waals surface area contributed by atoms with Gasteiger partial charge in [-0.25, -0.2) is 0 Å². The molecule has 1 aliphatic heterocycles. The van der Waals surface area contributed by atoms with E-state index in [2.05, 4.69) is 35.6 Å². The fraction of sp³-hybridized carbons (Fsp3) is 0.571. The zero-order valence-electron chi connectivity index (χ0n) is 25.7. The third-order valence-corrected chi connectivity index (χ3v) is 8.44. The number of carbonyl (C=O) groups excluding carboxylic acids is 1. The van der Waals surface area contributed by atoms with Crippen LogP contribution in [0.15, 0.2) is 54.1 Å². The lowest BCUT2D eigenvalue weighted by Crippen LogP contribution is -2.29. The molecule has 0 bridgehead atoms. The summed E-state index contributed by atoms with van der Waals surface area (Å²) in [7, 11) is 1.68. The van der Waals surface area contributed by atoms with Gasteiger partial charge in [0.25, 0.3) is 0 Å². The van der Waals surface area contributed by atoms with E-state index >= 15 is 0 Å². The molecule has 1 aliphatic rings. The maximum Gasteiger partial charge on any atom is 0.227 e. The van der Waals surface area contributed by atoms with E-state index in [0.717, 1.165) is 41.6 Å². The summed E-state index contributed by atoms with van der Waals surface area (Å²) in [6.45, 7) is 6.21. The molecule has 1 amide bonds. The minimum absolute atomic E-state index is 0.105. The van der Waals surface area contributed by atoms with Gasteiger partial charge in [-0.15, -0.1) is 11.8 Å². The van der Waals surface area contributed by atoms with Crippen LogP contribution in [0.25, 0.3) is 0 Å². The molecule has 3 rings (SSSR count). The van der Waals surface area contributed by atoms with E-state index in [1.165, 1.54) is 76.2 Å². The molecule has 0 aliphatic carbocycles. The van der Waals surface area contributed by atoms with Crippen molar-refractivity contribution in [3.8, 4) is 11.5 Å². The van der Waals surface area contributed by atoms with E-state index in [4.69, 9.17) is 9.47 Å². The Morgan fingerprint density at radius 3 is 2.20 bits per heavy atom. The Labute approximate surface area is 253 Å². The normalized spacial score (nSPS) is 12.6. The standard InChI is InChI=1S/C35H52N2O3S/c1-4-6-7-8-9-10-11-12-13-14-15-16-23-40-34-26-31(20-21-33(34)39-3)28-37(35(38)5-2)32-19-17-18-30(25-32)27-36-22-24-41-29-36/h17-22,24-26H,4-16,23,27-29H2,1-3H3. The molecular formula is C35H52N2O3S. The number of unbranched alkanes of at least 4 members (excludes halogenated alkanes) is 11. The van der Waals surface area contributed by atoms with Crippen molar-refractivity contribution in [1.29, 1.82) is 0 Å². The van der Waals surface area contributed by atoms with Gasteiger partial charge in [0.2, 0.25) is 5.91 Å². The van der Waals surface area contributed by atoms with Gasteiger partial charge in [0.1, 0.15) is 0 Å². The van der Waals surface area contributed by atoms with Crippen molar-refractivity contribution in [2.45, 2.75) is 110 Å². The Hall–Kier alpha value is -2.60. The number of hydrogen-bond acceptors (Lipinski definition) is 5. The minimum atomic E-state index is 0.105. The van der Waals surface area contributed by atoms with E-state index < -0.39 is 0 Å². The molecule has 41 heavy (non-hydrogen) atoms. The van der Waals surface area contributed by atoms with Gasteiger partial charge >= 0.3 is 0 Å². The quantitative estimate of drug-likeness (QED) is 0.138. The molecule has 1 heterocycles. The monoisotopic (exact) mass is 580 g/mol. The highest BCUT2D eigenvalue weighted by atomic mass is 32.2. The van der Waals surface area contributed by atoms with E-state index in [9.17, 15) is 4.79 Å². The summed E-state index contributed by atoms with van der Waals surface area (Å²) in [5, 5.41) is 2.12. The second kappa shape index (κ2) is 19.5. The van der Waals surface area contributed by atoms with Crippen LogP contribution in [0.5, 0.6) is 11.5 Å². The van der Waals surface area contributed by atoms with Gasteiger partial charge in [-0.05, 0) is 47.2 Å². The van der Waals surface area contributed by atoms with Gasteiger partial charge in [0, 0.05) is 24.9 Å². The molecule has 2 aromatic rings. The van der Waals surface area contributed by atoms with Gasteiger partial charge in [0.15, 0.2) is 11.5 Å². The molecule has 0 radical (unpaired) electrons. The Bertz CT molecular complexity index is 1060. The number of hydrogen-bond donors (Lipinski definition) is 0. The van der Waals surface area contributed by atoms with Crippen LogP contribution in [0.4, 0.5) is 5.69 Å². The number of ether oxygens (including phenoxy) is 2. The second-order valence-corrected chi connectivity index (χ2v) is 11.9. The van der Waals surface area contributed by atoms with Crippen molar-refractivity contribution in [2.75, 3.05) is 24.5 Å². The first-order valence-corrected chi connectivity index (χ1v) is 16.9. The predicted molar refractivity (Wildman–Crippen MR) is 175 cm³/mol. The summed E-state index contributed by atoms with van der Waals surface area (Å²) in [5.74, 6) is 2.56. The highest BCUT2D eigenvalue weighted by molar-refractivity contribution is 8.02. The van der Waals surface area contributed by atoms with Crippen LogP contribution in [-0.2, 0) is 17.9 Å². The fourth-order valence-corrected chi connectivity index (χ4v) is 5.93. The number of rotatable bonds is 21. The van der Waals surface area contributed by atoms with Crippen molar-refractivity contribution in [3.05, 3.63) is 65.2 Å². The van der Waals surface area contributed by atoms with Gasteiger partial charge in [-0.2, -0.15) is 0 Å². The van der Waals surface area contributed by atoms with E-state index in [1.807, 2.05) is 42.2 Å². The van der Waals surface area contributed by atoms with E-state index in [0.29, 0.717) is 19.6 Å². The number of carbonyl (C=O) groups is 1. The fourth-order valence-electron chi connectivity index (χ4n) is 5.22. The first-order chi connectivity index (χ1) is 20.1. The molecule has 0 saturated carbocycles. The number of methoxy groups -OCH3 is 1. The summed E-state index contributed by atoms with van der Waals surface area (Å²) < 4.78 is 11.8. The lowest BCUT2D eigenvalue weighted by Gasteiger charge is -2.24. The highest BCUT2D eigenvalue weighted by Gasteiger charge is 2.17. The minimum Gasteiger partial charge on any atom is -0.493 e. The average molecular weight is 581 g/mol. The molecule has 0 spiro atoms. The molecule has 6 heteroatoms. The molecule has 0 fully saturated rings. The van der Waals surface area contributed by atoms with Gasteiger partial charge in [0.05, 0.1) is 26.1 Å². The SMILES string of the molecule is CCCCCCCCCCCCCCOc1cc(CN(C(=O)CC)c2cccc(CN3C=CSC3)c2)ccc1OC. The summed E-state index contributed by atoms with van der Waals surface area (Å²) >= 11 is 1.80. The third-order valence-electron chi connectivity index (χ3n) is 7.64. The highest BCUT2D eigenvalue weighted by Crippen LogP contribution is 2.30. The van der Waals surface area contributed by atoms with Crippen LogP contribution in [0.1, 0.15) is 108 Å². The Kier molecular flexibility index (Phi) is 15.7. The molecular weight excluding hydrogens is 528 g/mol. The van der Waals surface area contributed by atoms with Crippen LogP contribution >= 0.6 is 11.8 Å². The van der Waals surface area contributed by atoms with Gasteiger partial charge in [-0.3, -0.25) is 4.79 Å². The first kappa shape index (κ1) is 32.9. The van der Waals surface area contributed by atoms with Crippen LogP contribution < -0.4 is 14.4 Å². The zero-order chi connectivity index (χ0) is 29.1. The second-order valence-electron chi connectivity index (χ2n) is 11.1. The Balaban J connectivity index is 1.48. The van der Waals surface area contributed by atoms with Gasteiger partial charge < -0.3 is 19.3 Å². The molecule has 0 N–H and O–H groups in total. The van der Waals surface area contributed by atoms with Gasteiger partial charge in [-0.1, -0.05) is 103 Å². The topological polar surface area (TPSA) is 42.0 Å². The summed E-state index contributed by atoms with van der Waals surface area (Å²) in [4.78, 5) is 17.2. The number of thioether (sulfide) groups is 1. The van der Waals surface area contributed by atoms with Crippen LogP contribution in [0.3, 0.4) is 0 Å². The molecule has 226 valence electrons. The zero-order valence-corrected chi connectivity index (χ0v) is 26.6. The summed E-state index contributed by atoms with van der Waals surface area (Å²) in [6, 6.07) is 14.4. The lowest BCUT2D eigenvalue weighted by atomic mass is 10.1. The Morgan fingerprint density at radius 2 is 1.56 bits per heavy atom. The number of nitrogens with zero attached hydrogens (tertiary/aromatic N) is 2. The first-order valence-electron chi connectivity index (χ1n) is 15.9. The van der Waals surface area contributed by atoms with E-state index in [-0.39, 0.29) is 5.91 Å². The Morgan fingerprint density at radius 1 is 0.854 bits per heavy atom.